The smallest absolute Gasteiger partial charge is 0.334 e. The summed E-state index contributed by atoms with van der Waals surface area (Å²) in [4.78, 5) is 24.1. The van der Waals surface area contributed by atoms with Gasteiger partial charge in [-0.1, -0.05) is 13.5 Å². The molecule has 0 unspecified atom stereocenters. The summed E-state index contributed by atoms with van der Waals surface area (Å²) in [5.41, 5.74) is -0.0414. The van der Waals surface area contributed by atoms with E-state index < -0.39 is 0 Å². The molecule has 4 heteroatoms. The Morgan fingerprint density at radius 1 is 1.32 bits per heavy atom. The quantitative estimate of drug-likeness (QED) is 0.378. The molecular weight excluding hydrogens is 244 g/mol. The maximum Gasteiger partial charge on any atom is 0.334 e. The van der Waals surface area contributed by atoms with E-state index in [-0.39, 0.29) is 34.9 Å². The molecule has 19 heavy (non-hydrogen) atoms. The molecule has 0 aromatic heterocycles. The van der Waals surface area contributed by atoms with Crippen molar-refractivity contribution in [1.82, 2.24) is 0 Å². The normalized spacial score (nSPS) is 51.8. The first-order valence-corrected chi connectivity index (χ1v) is 7.03. The van der Waals surface area contributed by atoms with Gasteiger partial charge < -0.3 is 9.47 Å². The Bertz CT molecular complexity index is 504. The van der Waals surface area contributed by atoms with Gasteiger partial charge in [0.25, 0.3) is 0 Å². The number of epoxide rings is 1. The second kappa shape index (κ2) is 3.29. The molecule has 102 valence electrons. The van der Waals surface area contributed by atoms with Crippen LogP contribution in [0.1, 0.15) is 32.6 Å². The summed E-state index contributed by atoms with van der Waals surface area (Å²) >= 11 is 0. The standard InChI is InChI=1S/C15H18O4/c1-8-9-5-14(2)11(3-4-12(14)16)15(7-18-15)6-10(9)19-13(8)17/h9-11H,1,3-7H2,2H3/t9-,10-,11-,14+,15+/m1/s1. The van der Waals surface area contributed by atoms with Gasteiger partial charge in [0.05, 0.1) is 12.2 Å². The van der Waals surface area contributed by atoms with Crippen LogP contribution in [0.25, 0.3) is 0 Å². The zero-order chi connectivity index (χ0) is 13.4. The third-order valence-corrected chi connectivity index (χ3v) is 5.82. The molecule has 4 fully saturated rings. The molecule has 0 bridgehead atoms. The lowest BCUT2D eigenvalue weighted by Crippen LogP contribution is -2.37. The van der Waals surface area contributed by atoms with E-state index in [9.17, 15) is 9.59 Å². The van der Waals surface area contributed by atoms with Crippen LogP contribution in [-0.4, -0.2) is 30.1 Å². The van der Waals surface area contributed by atoms with Crippen LogP contribution in [-0.2, 0) is 19.1 Å². The molecule has 4 rings (SSSR count). The first-order valence-electron chi connectivity index (χ1n) is 7.03. The van der Waals surface area contributed by atoms with Gasteiger partial charge in [-0.25, -0.2) is 4.79 Å². The lowest BCUT2D eigenvalue weighted by Gasteiger charge is -2.32. The summed E-state index contributed by atoms with van der Waals surface area (Å²) in [7, 11) is 0. The summed E-state index contributed by atoms with van der Waals surface area (Å²) in [5.74, 6) is 0.300. The first-order chi connectivity index (χ1) is 8.96. The Labute approximate surface area is 112 Å². The van der Waals surface area contributed by atoms with Crippen LogP contribution in [0.15, 0.2) is 12.2 Å². The largest absolute Gasteiger partial charge is 0.458 e. The molecule has 0 aromatic carbocycles. The Balaban J connectivity index is 1.78. The fraction of sp³-hybridized carbons (Fsp3) is 0.733. The third kappa shape index (κ3) is 1.33. The van der Waals surface area contributed by atoms with Gasteiger partial charge in [0, 0.05) is 35.7 Å². The average molecular weight is 262 g/mol. The number of ketones is 1. The monoisotopic (exact) mass is 262 g/mol. The Kier molecular flexibility index (Phi) is 2.02. The summed E-state index contributed by atoms with van der Waals surface area (Å²) in [6, 6.07) is 0. The van der Waals surface area contributed by atoms with E-state index in [0.29, 0.717) is 30.8 Å². The van der Waals surface area contributed by atoms with Crippen molar-refractivity contribution in [3.63, 3.8) is 0 Å². The van der Waals surface area contributed by atoms with E-state index >= 15 is 0 Å². The predicted octanol–water partition coefficient (Wildman–Crippen LogP) is 1.63. The van der Waals surface area contributed by atoms with Crippen LogP contribution in [0.4, 0.5) is 0 Å². The molecule has 1 spiro atoms. The fourth-order valence-electron chi connectivity index (χ4n) is 4.63. The lowest BCUT2D eigenvalue weighted by molar-refractivity contribution is -0.140. The molecule has 0 aromatic rings. The number of carbonyl (C=O) groups is 2. The van der Waals surface area contributed by atoms with Crippen LogP contribution in [0, 0.1) is 17.3 Å². The molecule has 0 N–H and O–H groups in total. The predicted molar refractivity (Wildman–Crippen MR) is 66.3 cm³/mol. The van der Waals surface area contributed by atoms with Crippen molar-refractivity contribution in [3.05, 3.63) is 12.2 Å². The molecule has 2 aliphatic heterocycles. The van der Waals surface area contributed by atoms with Gasteiger partial charge in [0.15, 0.2) is 0 Å². The fourth-order valence-corrected chi connectivity index (χ4v) is 4.63. The van der Waals surface area contributed by atoms with E-state index in [0.717, 1.165) is 12.8 Å². The maximum atomic E-state index is 12.4. The van der Waals surface area contributed by atoms with Crippen molar-refractivity contribution in [3.8, 4) is 0 Å². The second-order valence-electron chi connectivity index (χ2n) is 6.77. The lowest BCUT2D eigenvalue weighted by atomic mass is 9.69. The summed E-state index contributed by atoms with van der Waals surface area (Å²) in [6.07, 6.45) is 2.84. The highest BCUT2D eigenvalue weighted by molar-refractivity contribution is 5.92. The molecule has 0 amide bonds. The SMILES string of the molecule is C=C1C(=O)O[C@@H]2C[C@]3(CO3)[C@@H]3CCC(=O)[C@@]3(C)C[C@H]12. The summed E-state index contributed by atoms with van der Waals surface area (Å²) in [5, 5.41) is 0. The number of Topliss-reactive ketones (excluding diaryl/α,β-unsaturated/α-hetero) is 1. The van der Waals surface area contributed by atoms with Crippen LogP contribution in [0.3, 0.4) is 0 Å². The molecule has 4 nitrogen and oxygen atoms in total. The van der Waals surface area contributed by atoms with Crippen molar-refractivity contribution < 1.29 is 19.1 Å². The van der Waals surface area contributed by atoms with Gasteiger partial charge in [-0.05, 0) is 12.8 Å². The van der Waals surface area contributed by atoms with Crippen LogP contribution in [0.5, 0.6) is 0 Å². The van der Waals surface area contributed by atoms with Gasteiger partial charge in [-0.3, -0.25) is 4.79 Å². The molecule has 0 radical (unpaired) electrons. The van der Waals surface area contributed by atoms with Gasteiger partial charge in [-0.2, -0.15) is 0 Å². The van der Waals surface area contributed by atoms with Crippen molar-refractivity contribution >= 4 is 11.8 Å². The summed E-state index contributed by atoms with van der Waals surface area (Å²) in [6.45, 7) is 6.63. The Hall–Kier alpha value is -1.16. The van der Waals surface area contributed by atoms with E-state index in [1.165, 1.54) is 0 Å². The van der Waals surface area contributed by atoms with E-state index in [2.05, 4.69) is 13.5 Å². The van der Waals surface area contributed by atoms with Crippen molar-refractivity contribution in [2.75, 3.05) is 6.61 Å². The highest BCUT2D eigenvalue weighted by Gasteiger charge is 2.67. The minimum absolute atomic E-state index is 0.00868. The van der Waals surface area contributed by atoms with Gasteiger partial charge >= 0.3 is 5.97 Å². The number of rotatable bonds is 0. The van der Waals surface area contributed by atoms with Crippen molar-refractivity contribution in [2.24, 2.45) is 17.3 Å². The number of hydrogen-bond acceptors (Lipinski definition) is 4. The summed E-state index contributed by atoms with van der Waals surface area (Å²) < 4.78 is 11.2. The number of hydrogen-bond donors (Lipinski definition) is 0. The number of ether oxygens (including phenoxy) is 2. The van der Waals surface area contributed by atoms with Crippen molar-refractivity contribution in [2.45, 2.75) is 44.3 Å². The molecule has 5 atom stereocenters. The molecule has 2 saturated carbocycles. The zero-order valence-electron chi connectivity index (χ0n) is 11.1. The van der Waals surface area contributed by atoms with Gasteiger partial charge in [0.1, 0.15) is 11.9 Å². The Morgan fingerprint density at radius 3 is 2.74 bits per heavy atom. The van der Waals surface area contributed by atoms with Crippen LogP contribution >= 0.6 is 0 Å². The highest BCUT2D eigenvalue weighted by atomic mass is 16.6. The number of carbonyl (C=O) groups excluding carboxylic acids is 2. The molecular formula is C15H18O4. The number of esters is 1. The minimum Gasteiger partial charge on any atom is -0.458 e. The zero-order valence-corrected chi connectivity index (χ0v) is 11.1. The number of fused-ring (bicyclic) bond motifs is 3. The highest BCUT2D eigenvalue weighted by Crippen LogP contribution is 2.61. The van der Waals surface area contributed by atoms with Crippen LogP contribution < -0.4 is 0 Å². The van der Waals surface area contributed by atoms with Gasteiger partial charge in [-0.15, -0.1) is 0 Å². The second-order valence-corrected chi connectivity index (χ2v) is 6.77. The van der Waals surface area contributed by atoms with Crippen molar-refractivity contribution in [1.29, 1.82) is 0 Å². The van der Waals surface area contributed by atoms with Crippen LogP contribution in [0.2, 0.25) is 0 Å². The van der Waals surface area contributed by atoms with Gasteiger partial charge in [0.2, 0.25) is 0 Å². The molecule has 2 saturated heterocycles. The first kappa shape index (κ1) is 11.6. The molecule has 4 aliphatic rings. The average Bonchev–Trinajstić information content (AvgIpc) is 3.02. The van der Waals surface area contributed by atoms with E-state index in [1.807, 2.05) is 0 Å². The third-order valence-electron chi connectivity index (χ3n) is 5.82. The van der Waals surface area contributed by atoms with E-state index in [4.69, 9.17) is 9.47 Å². The van der Waals surface area contributed by atoms with E-state index in [1.54, 1.807) is 0 Å². The maximum absolute atomic E-state index is 12.4. The minimum atomic E-state index is -0.368. The molecule has 2 heterocycles. The Morgan fingerprint density at radius 2 is 2.05 bits per heavy atom. The molecule has 2 aliphatic carbocycles. The topological polar surface area (TPSA) is 55.9 Å².